The molecule has 0 bridgehead atoms. The topological polar surface area (TPSA) is 74.6 Å². The van der Waals surface area contributed by atoms with Gasteiger partial charge in [0, 0.05) is 0 Å². The van der Waals surface area contributed by atoms with E-state index in [-0.39, 0.29) is 6.92 Å². The number of carboxylic acid groups (broad SMARTS) is 2. The predicted octanol–water partition coefficient (Wildman–Crippen LogP) is 0.519. The van der Waals surface area contributed by atoms with E-state index in [0.717, 1.165) is 0 Å². The average Bonchev–Trinajstić information content (AvgIpc) is 1.86. The maximum atomic E-state index is 12.5. The summed E-state index contributed by atoms with van der Waals surface area (Å²) in [5.74, 6) is -10.3. The van der Waals surface area contributed by atoms with E-state index in [2.05, 4.69) is 0 Å². The summed E-state index contributed by atoms with van der Waals surface area (Å²) in [5, 5.41) is 15.7. The molecule has 0 spiro atoms. The minimum Gasteiger partial charge on any atom is -0.479 e. The first kappa shape index (κ1) is 10.7. The third-order valence-electron chi connectivity index (χ3n) is 1.26. The molecule has 12 heavy (non-hydrogen) atoms. The lowest BCUT2D eigenvalue weighted by atomic mass is 10.0. The van der Waals surface area contributed by atoms with Gasteiger partial charge >= 0.3 is 17.9 Å². The second-order valence-corrected chi connectivity index (χ2v) is 2.19. The third kappa shape index (κ3) is 1.34. The SMILES string of the molecule is CC(F)(C(=O)O)C(F)(F)C(=O)O. The van der Waals surface area contributed by atoms with E-state index in [9.17, 15) is 22.8 Å². The third-order valence-corrected chi connectivity index (χ3v) is 1.26. The molecule has 0 aliphatic heterocycles. The Labute approximate surface area is 64.6 Å². The largest absolute Gasteiger partial charge is 0.479 e. The minimum atomic E-state index is -4.93. The first-order valence-electron chi connectivity index (χ1n) is 2.67. The van der Waals surface area contributed by atoms with Crippen molar-refractivity contribution in [3.05, 3.63) is 0 Å². The van der Waals surface area contributed by atoms with Crippen LogP contribution in [0.3, 0.4) is 0 Å². The van der Waals surface area contributed by atoms with Crippen molar-refractivity contribution >= 4 is 11.9 Å². The van der Waals surface area contributed by atoms with Crippen LogP contribution in [0.4, 0.5) is 13.2 Å². The van der Waals surface area contributed by atoms with E-state index in [1.807, 2.05) is 0 Å². The molecule has 0 saturated heterocycles. The lowest BCUT2D eigenvalue weighted by molar-refractivity contribution is -0.200. The van der Waals surface area contributed by atoms with Crippen molar-refractivity contribution in [2.24, 2.45) is 0 Å². The smallest absolute Gasteiger partial charge is 0.386 e. The molecule has 0 aliphatic rings. The highest BCUT2D eigenvalue weighted by molar-refractivity contribution is 5.89. The zero-order valence-electron chi connectivity index (χ0n) is 5.84. The fourth-order valence-corrected chi connectivity index (χ4v) is 0.335. The molecule has 0 aliphatic carbocycles. The van der Waals surface area contributed by atoms with E-state index >= 15 is 0 Å². The Kier molecular flexibility index (Phi) is 2.37. The van der Waals surface area contributed by atoms with Gasteiger partial charge in [-0.2, -0.15) is 8.78 Å². The van der Waals surface area contributed by atoms with Crippen molar-refractivity contribution in [2.45, 2.75) is 18.5 Å². The van der Waals surface area contributed by atoms with Crippen LogP contribution in [0.1, 0.15) is 6.92 Å². The fraction of sp³-hybridized carbons (Fsp3) is 0.600. The summed E-state index contributed by atoms with van der Waals surface area (Å²) in [6.07, 6.45) is 0. The van der Waals surface area contributed by atoms with Gasteiger partial charge in [0.15, 0.2) is 0 Å². The van der Waals surface area contributed by atoms with Crippen LogP contribution in [-0.2, 0) is 9.59 Å². The normalized spacial score (nSPS) is 16.7. The molecule has 2 N–H and O–H groups in total. The standard InChI is InChI=1S/C5H5F3O4/c1-4(6,2(9)10)5(7,8)3(11)12/h1H3,(H,9,10)(H,11,12). The number of aliphatic carboxylic acids is 2. The number of carbonyl (C=O) groups is 2. The van der Waals surface area contributed by atoms with Crippen LogP contribution >= 0.6 is 0 Å². The molecule has 0 heterocycles. The Morgan fingerprint density at radius 1 is 1.08 bits per heavy atom. The number of hydrogen-bond acceptors (Lipinski definition) is 2. The molecule has 7 heteroatoms. The highest BCUT2D eigenvalue weighted by Gasteiger charge is 2.63. The highest BCUT2D eigenvalue weighted by Crippen LogP contribution is 2.32. The first-order chi connectivity index (χ1) is 5.14. The monoisotopic (exact) mass is 186 g/mol. The number of rotatable bonds is 3. The molecule has 0 amide bonds. The highest BCUT2D eigenvalue weighted by atomic mass is 19.3. The van der Waals surface area contributed by atoms with E-state index in [1.165, 1.54) is 0 Å². The van der Waals surface area contributed by atoms with Gasteiger partial charge in [0.1, 0.15) is 0 Å². The van der Waals surface area contributed by atoms with Crippen molar-refractivity contribution < 1.29 is 33.0 Å². The van der Waals surface area contributed by atoms with Gasteiger partial charge in [-0.1, -0.05) is 0 Å². The van der Waals surface area contributed by atoms with Gasteiger partial charge in [-0.3, -0.25) is 0 Å². The van der Waals surface area contributed by atoms with Crippen LogP contribution < -0.4 is 0 Å². The Hall–Kier alpha value is -1.27. The number of hydrogen-bond donors (Lipinski definition) is 2. The van der Waals surface area contributed by atoms with Crippen LogP contribution in [0.2, 0.25) is 0 Å². The lowest BCUT2D eigenvalue weighted by Gasteiger charge is -2.21. The molecular weight excluding hydrogens is 181 g/mol. The summed E-state index contributed by atoms with van der Waals surface area (Å²) in [6, 6.07) is 0. The molecule has 0 aromatic carbocycles. The quantitative estimate of drug-likeness (QED) is 0.673. The molecule has 1 atom stereocenters. The van der Waals surface area contributed by atoms with E-state index in [0.29, 0.717) is 0 Å². The van der Waals surface area contributed by atoms with E-state index in [1.54, 1.807) is 0 Å². The van der Waals surface area contributed by atoms with Gasteiger partial charge in [0.2, 0.25) is 0 Å². The van der Waals surface area contributed by atoms with Crippen molar-refractivity contribution in [1.29, 1.82) is 0 Å². The molecule has 0 fully saturated rings. The lowest BCUT2D eigenvalue weighted by Crippen LogP contribution is -2.53. The number of alkyl halides is 3. The summed E-state index contributed by atoms with van der Waals surface area (Å²) in [5.41, 5.74) is -4.10. The Bertz CT molecular complexity index is 199. The van der Waals surface area contributed by atoms with Crippen molar-refractivity contribution in [1.82, 2.24) is 0 Å². The van der Waals surface area contributed by atoms with Crippen LogP contribution in [0, 0.1) is 0 Å². The zero-order valence-corrected chi connectivity index (χ0v) is 5.84. The fourth-order valence-electron chi connectivity index (χ4n) is 0.335. The number of halogens is 3. The summed E-state index contributed by atoms with van der Waals surface area (Å²) < 4.78 is 37.0. The van der Waals surface area contributed by atoms with Crippen LogP contribution in [0.15, 0.2) is 0 Å². The predicted molar refractivity (Wildman–Crippen MR) is 29.7 cm³/mol. The zero-order chi connectivity index (χ0) is 10.2. The second kappa shape index (κ2) is 2.65. The van der Waals surface area contributed by atoms with Gasteiger partial charge in [0.25, 0.3) is 5.67 Å². The van der Waals surface area contributed by atoms with Crippen LogP contribution in [0.5, 0.6) is 0 Å². The van der Waals surface area contributed by atoms with Crippen LogP contribution in [-0.4, -0.2) is 33.7 Å². The van der Waals surface area contributed by atoms with Crippen molar-refractivity contribution in [3.8, 4) is 0 Å². The van der Waals surface area contributed by atoms with Gasteiger partial charge in [-0.05, 0) is 6.92 Å². The minimum absolute atomic E-state index is 0.0105. The maximum absolute atomic E-state index is 12.5. The van der Waals surface area contributed by atoms with Gasteiger partial charge in [-0.25, -0.2) is 14.0 Å². The summed E-state index contributed by atoms with van der Waals surface area (Å²) in [4.78, 5) is 19.6. The molecule has 0 radical (unpaired) electrons. The molecule has 0 rings (SSSR count). The number of carboxylic acids is 2. The molecule has 0 aromatic rings. The van der Waals surface area contributed by atoms with E-state index in [4.69, 9.17) is 10.2 Å². The summed E-state index contributed by atoms with van der Waals surface area (Å²) >= 11 is 0. The molecule has 1 unspecified atom stereocenters. The Morgan fingerprint density at radius 2 is 1.42 bits per heavy atom. The second-order valence-electron chi connectivity index (χ2n) is 2.19. The molecular formula is C5H5F3O4. The molecule has 0 saturated carbocycles. The Morgan fingerprint density at radius 3 is 1.50 bits per heavy atom. The van der Waals surface area contributed by atoms with Gasteiger partial charge in [-0.15, -0.1) is 0 Å². The maximum Gasteiger partial charge on any atom is 0.386 e. The first-order valence-corrected chi connectivity index (χ1v) is 2.67. The molecule has 4 nitrogen and oxygen atoms in total. The van der Waals surface area contributed by atoms with Gasteiger partial charge < -0.3 is 10.2 Å². The van der Waals surface area contributed by atoms with E-state index < -0.39 is 23.5 Å². The van der Waals surface area contributed by atoms with Gasteiger partial charge in [0.05, 0.1) is 0 Å². The Balaban J connectivity index is 5.01. The molecule has 70 valence electrons. The molecule has 0 aromatic heterocycles. The summed E-state index contributed by atoms with van der Waals surface area (Å²) in [6.45, 7) is -0.0105. The van der Waals surface area contributed by atoms with Crippen molar-refractivity contribution in [2.75, 3.05) is 0 Å². The summed E-state index contributed by atoms with van der Waals surface area (Å²) in [7, 11) is 0. The average molecular weight is 186 g/mol. The van der Waals surface area contributed by atoms with Crippen LogP contribution in [0.25, 0.3) is 0 Å². The van der Waals surface area contributed by atoms with Crippen molar-refractivity contribution in [3.63, 3.8) is 0 Å².